The Labute approximate surface area is 111 Å². The van der Waals surface area contributed by atoms with Crippen LogP contribution in [0.5, 0.6) is 0 Å². The molecule has 2 rings (SSSR count). The Balaban J connectivity index is 1.92. The molecule has 0 aromatic carbocycles. The van der Waals surface area contributed by atoms with E-state index in [2.05, 4.69) is 41.6 Å². The number of amides is 1. The van der Waals surface area contributed by atoms with Crippen molar-refractivity contribution >= 4 is 22.4 Å². The van der Waals surface area contributed by atoms with Crippen molar-refractivity contribution in [3.8, 4) is 0 Å². The first kappa shape index (κ1) is 13.4. The van der Waals surface area contributed by atoms with Crippen molar-refractivity contribution in [2.75, 3.05) is 18.4 Å². The van der Waals surface area contributed by atoms with Gasteiger partial charge in [0.25, 0.3) is 0 Å². The molecule has 0 saturated carbocycles. The maximum absolute atomic E-state index is 12.0. The summed E-state index contributed by atoms with van der Waals surface area (Å²) in [6, 6.07) is 0. The number of hydrogen-bond acceptors (Lipinski definition) is 5. The molecule has 2 N–H and O–H groups in total. The van der Waals surface area contributed by atoms with Gasteiger partial charge in [-0.15, -0.1) is 10.2 Å². The molecule has 1 saturated heterocycles. The Kier molecular flexibility index (Phi) is 4.29. The van der Waals surface area contributed by atoms with Gasteiger partial charge < -0.3 is 10.6 Å². The third kappa shape index (κ3) is 3.26. The molecule has 0 unspecified atom stereocenters. The largest absolute Gasteiger partial charge is 0.316 e. The van der Waals surface area contributed by atoms with Gasteiger partial charge in [-0.05, 0) is 18.4 Å². The maximum atomic E-state index is 12.0. The summed E-state index contributed by atoms with van der Waals surface area (Å²) < 4.78 is 0. The number of rotatable bonds is 4. The van der Waals surface area contributed by atoms with Gasteiger partial charge in [0.15, 0.2) is 0 Å². The van der Waals surface area contributed by atoms with Gasteiger partial charge in [0.2, 0.25) is 11.0 Å². The lowest BCUT2D eigenvalue weighted by Crippen LogP contribution is -2.27. The first-order valence-electron chi connectivity index (χ1n) is 6.40. The molecule has 0 aliphatic carbocycles. The highest BCUT2D eigenvalue weighted by Crippen LogP contribution is 2.21. The molecule has 1 aromatic rings. The lowest BCUT2D eigenvalue weighted by Gasteiger charge is -2.12. The van der Waals surface area contributed by atoms with Crippen LogP contribution in [0.4, 0.5) is 5.13 Å². The summed E-state index contributed by atoms with van der Waals surface area (Å²) in [5.74, 6) is 1.04. The van der Waals surface area contributed by atoms with E-state index in [0.717, 1.165) is 24.5 Å². The van der Waals surface area contributed by atoms with Gasteiger partial charge in [0, 0.05) is 13.0 Å². The van der Waals surface area contributed by atoms with E-state index >= 15 is 0 Å². The van der Waals surface area contributed by atoms with E-state index in [-0.39, 0.29) is 11.8 Å². The Morgan fingerprint density at radius 1 is 1.50 bits per heavy atom. The second kappa shape index (κ2) is 5.75. The molecule has 6 heteroatoms. The molecule has 18 heavy (non-hydrogen) atoms. The first-order chi connectivity index (χ1) is 8.56. The number of carbonyl (C=O) groups excluding carboxylic acids is 1. The van der Waals surface area contributed by atoms with Gasteiger partial charge in [-0.3, -0.25) is 4.79 Å². The molecule has 1 amide bonds. The first-order valence-corrected chi connectivity index (χ1v) is 7.22. The minimum atomic E-state index is 0.0439. The number of nitrogens with zero attached hydrogens (tertiary/aromatic N) is 2. The summed E-state index contributed by atoms with van der Waals surface area (Å²) in [4.78, 5) is 12.0. The van der Waals surface area contributed by atoms with Crippen LogP contribution in [0.1, 0.15) is 25.8 Å². The van der Waals surface area contributed by atoms with E-state index in [1.165, 1.54) is 11.3 Å². The lowest BCUT2D eigenvalue weighted by molar-refractivity contribution is -0.120. The molecule has 0 radical (unpaired) electrons. The molecule has 100 valence electrons. The molecular formula is C12H20N4OS. The zero-order valence-corrected chi connectivity index (χ0v) is 11.9. The summed E-state index contributed by atoms with van der Waals surface area (Å²) in [6.07, 6.45) is 0.912. The highest BCUT2D eigenvalue weighted by molar-refractivity contribution is 7.15. The molecule has 0 bridgehead atoms. The van der Waals surface area contributed by atoms with E-state index in [9.17, 15) is 4.79 Å². The number of nitrogens with one attached hydrogen (secondary N) is 2. The fourth-order valence-corrected chi connectivity index (χ4v) is 3.05. The smallest absolute Gasteiger partial charge is 0.230 e. The standard InChI is InChI=1S/C12H20N4OS/c1-7(2)4-10-15-16-12(18-10)14-11(17)9-6-13-5-8(9)3/h7-9,13H,4-6H2,1-3H3,(H,14,16,17)/t8-,9-/m1/s1. The Morgan fingerprint density at radius 2 is 2.28 bits per heavy atom. The van der Waals surface area contributed by atoms with Crippen molar-refractivity contribution in [1.82, 2.24) is 15.5 Å². The topological polar surface area (TPSA) is 66.9 Å². The third-order valence-electron chi connectivity index (χ3n) is 3.13. The average Bonchev–Trinajstić information content (AvgIpc) is 2.87. The van der Waals surface area contributed by atoms with Crippen LogP contribution in [0.15, 0.2) is 0 Å². The second-order valence-electron chi connectivity index (χ2n) is 5.33. The summed E-state index contributed by atoms with van der Waals surface area (Å²) in [7, 11) is 0. The van der Waals surface area contributed by atoms with Crippen molar-refractivity contribution in [2.45, 2.75) is 27.2 Å². The predicted molar refractivity (Wildman–Crippen MR) is 72.6 cm³/mol. The number of anilines is 1. The SMILES string of the molecule is CC(C)Cc1nnc(NC(=O)[C@@H]2CNC[C@H]2C)s1. The second-order valence-corrected chi connectivity index (χ2v) is 6.39. The Morgan fingerprint density at radius 3 is 2.89 bits per heavy atom. The van der Waals surface area contributed by atoms with Gasteiger partial charge in [0.1, 0.15) is 5.01 Å². The van der Waals surface area contributed by atoms with E-state index in [1.807, 2.05) is 0 Å². The van der Waals surface area contributed by atoms with Crippen molar-refractivity contribution < 1.29 is 4.79 Å². The predicted octanol–water partition coefficient (Wildman–Crippen LogP) is 1.53. The molecular weight excluding hydrogens is 248 g/mol. The van der Waals surface area contributed by atoms with E-state index in [0.29, 0.717) is 17.0 Å². The molecule has 1 aromatic heterocycles. The van der Waals surface area contributed by atoms with Crippen molar-refractivity contribution in [1.29, 1.82) is 0 Å². The minimum absolute atomic E-state index is 0.0439. The van der Waals surface area contributed by atoms with Gasteiger partial charge in [-0.2, -0.15) is 0 Å². The number of aromatic nitrogens is 2. The van der Waals surface area contributed by atoms with E-state index in [1.54, 1.807) is 0 Å². The fraction of sp³-hybridized carbons (Fsp3) is 0.750. The molecule has 5 nitrogen and oxygen atoms in total. The summed E-state index contributed by atoms with van der Waals surface area (Å²) in [5.41, 5.74) is 0. The average molecular weight is 268 g/mol. The Bertz CT molecular complexity index is 418. The normalized spacial score (nSPS) is 23.6. The van der Waals surface area contributed by atoms with Crippen molar-refractivity contribution in [3.05, 3.63) is 5.01 Å². The van der Waals surface area contributed by atoms with Crippen LogP contribution < -0.4 is 10.6 Å². The highest BCUT2D eigenvalue weighted by Gasteiger charge is 2.30. The monoisotopic (exact) mass is 268 g/mol. The minimum Gasteiger partial charge on any atom is -0.316 e. The molecule has 0 spiro atoms. The summed E-state index contributed by atoms with van der Waals surface area (Å²) in [5, 5.41) is 15.8. The van der Waals surface area contributed by atoms with Crippen LogP contribution in [0.25, 0.3) is 0 Å². The molecule has 1 aliphatic rings. The molecule has 1 fully saturated rings. The van der Waals surface area contributed by atoms with Crippen LogP contribution in [0.3, 0.4) is 0 Å². The Hall–Kier alpha value is -1.01. The van der Waals surface area contributed by atoms with Crippen LogP contribution in [0.2, 0.25) is 0 Å². The van der Waals surface area contributed by atoms with Crippen LogP contribution in [-0.4, -0.2) is 29.2 Å². The summed E-state index contributed by atoms with van der Waals surface area (Å²) >= 11 is 1.47. The zero-order chi connectivity index (χ0) is 13.1. The molecule has 2 atom stereocenters. The van der Waals surface area contributed by atoms with Crippen LogP contribution in [-0.2, 0) is 11.2 Å². The third-order valence-corrected chi connectivity index (χ3v) is 4.00. The van der Waals surface area contributed by atoms with Gasteiger partial charge in [0.05, 0.1) is 5.92 Å². The highest BCUT2D eigenvalue weighted by atomic mass is 32.1. The van der Waals surface area contributed by atoms with E-state index in [4.69, 9.17) is 0 Å². The number of carbonyl (C=O) groups is 1. The van der Waals surface area contributed by atoms with Gasteiger partial charge in [-0.1, -0.05) is 32.1 Å². The zero-order valence-electron chi connectivity index (χ0n) is 11.1. The van der Waals surface area contributed by atoms with Crippen molar-refractivity contribution in [2.24, 2.45) is 17.8 Å². The van der Waals surface area contributed by atoms with Gasteiger partial charge in [-0.25, -0.2) is 0 Å². The van der Waals surface area contributed by atoms with Crippen molar-refractivity contribution in [3.63, 3.8) is 0 Å². The maximum Gasteiger partial charge on any atom is 0.230 e. The summed E-state index contributed by atoms with van der Waals surface area (Å²) in [6.45, 7) is 8.04. The fourth-order valence-electron chi connectivity index (χ4n) is 2.09. The van der Waals surface area contributed by atoms with Crippen LogP contribution >= 0.6 is 11.3 Å². The molecule has 1 aliphatic heterocycles. The lowest BCUT2D eigenvalue weighted by atomic mass is 9.97. The van der Waals surface area contributed by atoms with Crippen LogP contribution in [0, 0.1) is 17.8 Å². The van der Waals surface area contributed by atoms with E-state index < -0.39 is 0 Å². The number of hydrogen-bond donors (Lipinski definition) is 2. The quantitative estimate of drug-likeness (QED) is 0.869. The van der Waals surface area contributed by atoms with Gasteiger partial charge >= 0.3 is 0 Å². The molecule has 2 heterocycles.